The van der Waals surface area contributed by atoms with Gasteiger partial charge in [-0.2, -0.15) is 12.7 Å². The molecule has 1 aromatic heterocycles. The summed E-state index contributed by atoms with van der Waals surface area (Å²) < 4.78 is 29.1. The van der Waals surface area contributed by atoms with E-state index in [1.165, 1.54) is 4.31 Å². The molecule has 2 N–H and O–H groups in total. The van der Waals surface area contributed by atoms with E-state index in [9.17, 15) is 8.42 Å². The van der Waals surface area contributed by atoms with Gasteiger partial charge in [-0.05, 0) is 63.9 Å². The Morgan fingerprint density at radius 1 is 1.38 bits per heavy atom. The third-order valence-electron chi connectivity index (χ3n) is 3.65. The minimum absolute atomic E-state index is 0.368. The molecule has 1 unspecified atom stereocenters. The molecule has 0 aromatic carbocycles. The fourth-order valence-electron chi connectivity index (χ4n) is 2.79. The van der Waals surface area contributed by atoms with Crippen LogP contribution in [0.1, 0.15) is 24.1 Å². The zero-order chi connectivity index (χ0) is 15.5. The number of pyridine rings is 1. The van der Waals surface area contributed by atoms with Crippen LogP contribution in [0.2, 0.25) is 0 Å². The summed E-state index contributed by atoms with van der Waals surface area (Å²) in [5.41, 5.74) is 1.80. The Balaban J connectivity index is 2.10. The highest BCUT2D eigenvalue weighted by Gasteiger charge is 2.28. The van der Waals surface area contributed by atoms with Gasteiger partial charge in [0.1, 0.15) is 5.82 Å². The van der Waals surface area contributed by atoms with Crippen LogP contribution in [0.5, 0.6) is 0 Å². The molecule has 21 heavy (non-hydrogen) atoms. The summed E-state index contributed by atoms with van der Waals surface area (Å²) in [5, 5.41) is 3.12. The van der Waals surface area contributed by atoms with Gasteiger partial charge in [0, 0.05) is 18.8 Å². The van der Waals surface area contributed by atoms with Gasteiger partial charge in [0.15, 0.2) is 0 Å². The second-order valence-electron chi connectivity index (χ2n) is 5.70. The molecule has 1 atom stereocenters. The molecule has 1 aliphatic heterocycles. The van der Waals surface area contributed by atoms with Crippen molar-refractivity contribution in [3.63, 3.8) is 0 Å². The maximum Gasteiger partial charge on any atom is 0.302 e. The molecule has 7 heteroatoms. The molecular weight excluding hydrogens is 288 g/mol. The molecule has 6 nitrogen and oxygen atoms in total. The van der Waals surface area contributed by atoms with Gasteiger partial charge in [-0.1, -0.05) is 0 Å². The quantitative estimate of drug-likeness (QED) is 0.859. The van der Waals surface area contributed by atoms with E-state index in [2.05, 4.69) is 15.0 Å². The van der Waals surface area contributed by atoms with Crippen LogP contribution in [-0.4, -0.2) is 44.4 Å². The first-order valence-corrected chi connectivity index (χ1v) is 8.72. The van der Waals surface area contributed by atoms with E-state index < -0.39 is 10.2 Å². The number of hydrogen-bond donors (Lipinski definition) is 2. The lowest BCUT2D eigenvalue weighted by Crippen LogP contribution is -2.44. The Kier molecular flexibility index (Phi) is 5.18. The highest BCUT2D eigenvalue weighted by molar-refractivity contribution is 7.90. The van der Waals surface area contributed by atoms with Gasteiger partial charge in [0.05, 0.1) is 0 Å². The highest BCUT2D eigenvalue weighted by atomic mass is 32.2. The Morgan fingerprint density at radius 2 is 2.14 bits per heavy atom. The highest BCUT2D eigenvalue weighted by Crippen LogP contribution is 2.20. The minimum atomic E-state index is -3.53. The maximum absolute atomic E-state index is 12.5. The number of nitrogens with zero attached hydrogens (tertiary/aromatic N) is 2. The standard InChI is InChI=1S/C14H24N4O2S/c1-11-7-12(2)16-14(8-11)17-21(19,20)18-6-4-5-13(10-18)9-15-3/h7-8,13,15H,4-6,9-10H2,1-3H3,(H,16,17). The van der Waals surface area contributed by atoms with E-state index in [1.807, 2.05) is 27.0 Å². The van der Waals surface area contributed by atoms with Gasteiger partial charge in [0.25, 0.3) is 0 Å². The zero-order valence-corrected chi connectivity index (χ0v) is 13.7. The average molecular weight is 312 g/mol. The summed E-state index contributed by atoms with van der Waals surface area (Å²) in [6.07, 6.45) is 1.96. The second kappa shape index (κ2) is 6.72. The van der Waals surface area contributed by atoms with Crippen LogP contribution in [-0.2, 0) is 10.2 Å². The van der Waals surface area contributed by atoms with Crippen LogP contribution in [0, 0.1) is 19.8 Å². The molecule has 1 fully saturated rings. The predicted octanol–water partition coefficient (Wildman–Crippen LogP) is 1.29. The number of piperidine rings is 1. The van der Waals surface area contributed by atoms with Crippen LogP contribution in [0.15, 0.2) is 12.1 Å². The van der Waals surface area contributed by atoms with Gasteiger partial charge >= 0.3 is 10.2 Å². The summed E-state index contributed by atoms with van der Waals surface area (Å²) >= 11 is 0. The monoisotopic (exact) mass is 312 g/mol. The largest absolute Gasteiger partial charge is 0.319 e. The second-order valence-corrected chi connectivity index (χ2v) is 7.37. The number of aryl methyl sites for hydroxylation is 2. The van der Waals surface area contributed by atoms with Crippen LogP contribution < -0.4 is 10.0 Å². The fraction of sp³-hybridized carbons (Fsp3) is 0.643. The first kappa shape index (κ1) is 16.2. The van der Waals surface area contributed by atoms with E-state index in [-0.39, 0.29) is 0 Å². The van der Waals surface area contributed by atoms with E-state index >= 15 is 0 Å². The number of nitrogens with one attached hydrogen (secondary N) is 2. The first-order valence-electron chi connectivity index (χ1n) is 7.28. The number of anilines is 1. The lowest BCUT2D eigenvalue weighted by atomic mass is 10.00. The molecule has 0 radical (unpaired) electrons. The lowest BCUT2D eigenvalue weighted by Gasteiger charge is -2.31. The molecule has 1 saturated heterocycles. The fourth-order valence-corrected chi connectivity index (χ4v) is 4.07. The number of rotatable bonds is 5. The van der Waals surface area contributed by atoms with Gasteiger partial charge in [-0.25, -0.2) is 4.98 Å². The summed E-state index contributed by atoms with van der Waals surface area (Å²) in [6, 6.07) is 3.67. The third-order valence-corrected chi connectivity index (χ3v) is 5.12. The van der Waals surface area contributed by atoms with Gasteiger partial charge in [-0.15, -0.1) is 0 Å². The van der Waals surface area contributed by atoms with Crippen LogP contribution in [0.25, 0.3) is 0 Å². The molecule has 2 heterocycles. The van der Waals surface area contributed by atoms with Crippen molar-refractivity contribution < 1.29 is 8.42 Å². The van der Waals surface area contributed by atoms with Crippen molar-refractivity contribution in [1.82, 2.24) is 14.6 Å². The summed E-state index contributed by atoms with van der Waals surface area (Å²) in [6.45, 7) is 5.75. The molecule has 1 aromatic rings. The van der Waals surface area contributed by atoms with Gasteiger partial charge in [0.2, 0.25) is 0 Å². The lowest BCUT2D eigenvalue weighted by molar-refractivity contribution is 0.264. The molecule has 0 aliphatic carbocycles. The average Bonchev–Trinajstić information content (AvgIpc) is 2.37. The third kappa shape index (κ3) is 4.39. The van der Waals surface area contributed by atoms with Crippen molar-refractivity contribution in [3.05, 3.63) is 23.4 Å². The minimum Gasteiger partial charge on any atom is -0.319 e. The SMILES string of the molecule is CNCC1CCCN(S(=O)(=O)Nc2cc(C)cc(C)n2)C1. The smallest absolute Gasteiger partial charge is 0.302 e. The Labute approximate surface area is 127 Å². The molecule has 1 aliphatic rings. The topological polar surface area (TPSA) is 74.3 Å². The van der Waals surface area contributed by atoms with Gasteiger partial charge in [-0.3, -0.25) is 4.72 Å². The molecule has 0 bridgehead atoms. The van der Waals surface area contributed by atoms with Crippen LogP contribution >= 0.6 is 0 Å². The van der Waals surface area contributed by atoms with E-state index in [4.69, 9.17) is 0 Å². The molecule has 118 valence electrons. The summed E-state index contributed by atoms with van der Waals surface area (Å²) in [4.78, 5) is 4.24. The van der Waals surface area contributed by atoms with Crippen LogP contribution in [0.3, 0.4) is 0 Å². The number of hydrogen-bond acceptors (Lipinski definition) is 4. The maximum atomic E-state index is 12.5. The van der Waals surface area contributed by atoms with Crippen molar-refractivity contribution in [3.8, 4) is 0 Å². The molecule has 2 rings (SSSR count). The van der Waals surface area contributed by atoms with E-state index in [0.717, 1.165) is 30.6 Å². The predicted molar refractivity (Wildman–Crippen MR) is 84.5 cm³/mol. The Morgan fingerprint density at radius 3 is 2.81 bits per heavy atom. The Hall–Kier alpha value is -1.18. The molecular formula is C14H24N4O2S. The normalized spacial score (nSPS) is 20.4. The van der Waals surface area contributed by atoms with Crippen molar-refractivity contribution in [1.29, 1.82) is 0 Å². The molecule has 0 amide bonds. The zero-order valence-electron chi connectivity index (χ0n) is 12.9. The summed E-state index contributed by atoms with van der Waals surface area (Å²) in [7, 11) is -1.63. The van der Waals surface area contributed by atoms with Crippen molar-refractivity contribution >= 4 is 16.0 Å². The van der Waals surface area contributed by atoms with Gasteiger partial charge < -0.3 is 5.32 Å². The van der Waals surface area contributed by atoms with E-state index in [1.54, 1.807) is 6.07 Å². The van der Waals surface area contributed by atoms with Crippen molar-refractivity contribution in [2.45, 2.75) is 26.7 Å². The van der Waals surface area contributed by atoms with Crippen LogP contribution in [0.4, 0.5) is 5.82 Å². The molecule has 0 spiro atoms. The van der Waals surface area contributed by atoms with Crippen molar-refractivity contribution in [2.24, 2.45) is 5.92 Å². The number of aromatic nitrogens is 1. The van der Waals surface area contributed by atoms with E-state index in [0.29, 0.717) is 24.8 Å². The first-order chi connectivity index (χ1) is 9.90. The Bertz CT molecular complexity index is 566. The van der Waals surface area contributed by atoms with Crippen molar-refractivity contribution in [2.75, 3.05) is 31.4 Å². The molecule has 0 saturated carbocycles. The summed E-state index contributed by atoms with van der Waals surface area (Å²) in [5.74, 6) is 0.760.